The van der Waals surface area contributed by atoms with Gasteiger partial charge in [-0.3, -0.25) is 0 Å². The first-order valence-electron chi connectivity index (χ1n) is 5.15. The Labute approximate surface area is 102 Å². The molecular weight excluding hydrogens is 276 g/mol. The molecule has 0 radical (unpaired) electrons. The van der Waals surface area contributed by atoms with Crippen LogP contribution in [0.1, 0.15) is 12.0 Å². The lowest BCUT2D eigenvalue weighted by Gasteiger charge is -2.22. The minimum atomic E-state index is 0.0849. The van der Waals surface area contributed by atoms with E-state index in [0.29, 0.717) is 47.6 Å². The fraction of sp³-hybridized carbons (Fsp3) is 0.455. The highest BCUT2D eigenvalue weighted by Gasteiger charge is 2.21. The lowest BCUT2D eigenvalue weighted by atomic mass is 10.1. The van der Waals surface area contributed by atoms with Gasteiger partial charge in [-0.1, -0.05) is 0 Å². The Morgan fingerprint density at radius 1 is 1.31 bits per heavy atom. The van der Waals surface area contributed by atoms with Crippen LogP contribution >= 0.6 is 15.9 Å². The molecule has 0 bridgehead atoms. The van der Waals surface area contributed by atoms with Gasteiger partial charge in [-0.25, -0.2) is 0 Å². The molecule has 0 saturated carbocycles. The summed E-state index contributed by atoms with van der Waals surface area (Å²) in [5.41, 5.74) is 0.693. The Bertz CT molecular complexity index is 392. The summed E-state index contributed by atoms with van der Waals surface area (Å²) >= 11 is 3.27. The van der Waals surface area contributed by atoms with Crippen LogP contribution in [0.15, 0.2) is 10.5 Å². The second kappa shape index (κ2) is 4.93. The number of halogens is 1. The van der Waals surface area contributed by atoms with E-state index in [4.69, 9.17) is 14.6 Å². The van der Waals surface area contributed by atoms with Crippen molar-refractivity contribution < 1.29 is 19.7 Å². The van der Waals surface area contributed by atoms with Crippen molar-refractivity contribution >= 4 is 15.9 Å². The molecule has 88 valence electrons. The van der Waals surface area contributed by atoms with Crippen molar-refractivity contribution in [1.29, 1.82) is 0 Å². The Morgan fingerprint density at radius 2 is 2.06 bits per heavy atom. The van der Waals surface area contributed by atoms with E-state index >= 15 is 0 Å². The van der Waals surface area contributed by atoms with Gasteiger partial charge in [-0.05, 0) is 28.8 Å². The first-order chi connectivity index (χ1) is 7.74. The van der Waals surface area contributed by atoms with Gasteiger partial charge < -0.3 is 19.7 Å². The van der Waals surface area contributed by atoms with Crippen LogP contribution in [0.4, 0.5) is 0 Å². The van der Waals surface area contributed by atoms with Crippen molar-refractivity contribution in [2.45, 2.75) is 12.8 Å². The van der Waals surface area contributed by atoms with Crippen LogP contribution in [0.25, 0.3) is 0 Å². The topological polar surface area (TPSA) is 58.9 Å². The molecule has 1 heterocycles. The van der Waals surface area contributed by atoms with Gasteiger partial charge in [0.1, 0.15) is 19.0 Å². The van der Waals surface area contributed by atoms with Gasteiger partial charge in [0.15, 0.2) is 11.5 Å². The summed E-state index contributed by atoms with van der Waals surface area (Å²) in [4.78, 5) is 0. The lowest BCUT2D eigenvalue weighted by Crippen LogP contribution is -2.17. The van der Waals surface area contributed by atoms with E-state index in [2.05, 4.69) is 15.9 Å². The Kier molecular flexibility index (Phi) is 3.56. The quantitative estimate of drug-likeness (QED) is 0.891. The summed E-state index contributed by atoms with van der Waals surface area (Å²) in [7, 11) is 0. The van der Waals surface area contributed by atoms with E-state index in [9.17, 15) is 5.11 Å². The third kappa shape index (κ3) is 2.10. The third-order valence-electron chi connectivity index (χ3n) is 2.44. The number of aliphatic hydroxyl groups is 1. The van der Waals surface area contributed by atoms with Crippen molar-refractivity contribution in [2.75, 3.05) is 19.8 Å². The van der Waals surface area contributed by atoms with E-state index in [1.54, 1.807) is 6.07 Å². The summed E-state index contributed by atoms with van der Waals surface area (Å²) in [5.74, 6) is 1.40. The molecule has 1 aromatic carbocycles. The minimum absolute atomic E-state index is 0.0849. The Hall–Kier alpha value is -0.940. The number of benzene rings is 1. The molecular formula is C11H13BrO4. The predicted octanol–water partition coefficient (Wildman–Crippen LogP) is 1.85. The van der Waals surface area contributed by atoms with Crippen LogP contribution in [-0.2, 0) is 6.42 Å². The van der Waals surface area contributed by atoms with Gasteiger partial charge in [-0.2, -0.15) is 0 Å². The van der Waals surface area contributed by atoms with Crippen molar-refractivity contribution in [2.24, 2.45) is 0 Å². The van der Waals surface area contributed by atoms with Gasteiger partial charge in [-0.15, -0.1) is 0 Å². The summed E-state index contributed by atoms with van der Waals surface area (Å²) in [6, 6.07) is 1.70. The van der Waals surface area contributed by atoms with Crippen LogP contribution < -0.4 is 9.47 Å². The molecule has 0 aliphatic carbocycles. The highest BCUT2D eigenvalue weighted by Crippen LogP contribution is 2.44. The van der Waals surface area contributed by atoms with Crippen molar-refractivity contribution in [3.63, 3.8) is 0 Å². The van der Waals surface area contributed by atoms with E-state index in [1.807, 2.05) is 0 Å². The number of fused-ring (bicyclic) bond motifs is 1. The number of ether oxygens (including phenoxy) is 2. The van der Waals surface area contributed by atoms with Gasteiger partial charge in [0, 0.05) is 18.2 Å². The Balaban J connectivity index is 2.41. The summed E-state index contributed by atoms with van der Waals surface area (Å²) in [5, 5.41) is 18.7. The zero-order valence-corrected chi connectivity index (χ0v) is 10.3. The third-order valence-corrected chi connectivity index (χ3v) is 3.04. The lowest BCUT2D eigenvalue weighted by molar-refractivity contribution is 0.168. The average Bonchev–Trinajstić information content (AvgIpc) is 2.30. The van der Waals surface area contributed by atoms with Crippen molar-refractivity contribution in [1.82, 2.24) is 0 Å². The molecule has 1 aliphatic rings. The zero-order valence-electron chi connectivity index (χ0n) is 8.70. The fourth-order valence-corrected chi connectivity index (χ4v) is 2.15. The van der Waals surface area contributed by atoms with Gasteiger partial charge in [0.25, 0.3) is 0 Å². The molecule has 0 unspecified atom stereocenters. The van der Waals surface area contributed by atoms with Crippen LogP contribution in [-0.4, -0.2) is 30.0 Å². The molecule has 1 aromatic rings. The average molecular weight is 289 g/mol. The number of phenols is 1. The monoisotopic (exact) mass is 288 g/mol. The first kappa shape index (κ1) is 11.5. The molecule has 1 aliphatic heterocycles. The van der Waals surface area contributed by atoms with Gasteiger partial charge in [0.05, 0.1) is 4.47 Å². The highest BCUT2D eigenvalue weighted by atomic mass is 79.9. The molecule has 2 N–H and O–H groups in total. The van der Waals surface area contributed by atoms with Crippen molar-refractivity contribution in [3.05, 3.63) is 16.1 Å². The molecule has 0 saturated heterocycles. The smallest absolute Gasteiger partial charge is 0.168 e. The van der Waals surface area contributed by atoms with Crippen LogP contribution in [0.3, 0.4) is 0 Å². The van der Waals surface area contributed by atoms with E-state index in [1.165, 1.54) is 0 Å². The zero-order chi connectivity index (χ0) is 11.5. The maximum Gasteiger partial charge on any atom is 0.168 e. The highest BCUT2D eigenvalue weighted by molar-refractivity contribution is 9.10. The molecule has 16 heavy (non-hydrogen) atoms. The van der Waals surface area contributed by atoms with Crippen LogP contribution in [0.5, 0.6) is 17.2 Å². The van der Waals surface area contributed by atoms with Gasteiger partial charge in [0.2, 0.25) is 0 Å². The summed E-state index contributed by atoms with van der Waals surface area (Å²) in [6.45, 7) is 1.09. The number of rotatable bonds is 3. The molecule has 0 spiro atoms. The normalized spacial score (nSPS) is 13.9. The number of hydrogen-bond acceptors (Lipinski definition) is 4. The fourth-order valence-electron chi connectivity index (χ4n) is 1.70. The summed E-state index contributed by atoms with van der Waals surface area (Å²) in [6.07, 6.45) is 1.15. The SMILES string of the molecule is OCCCc1c(O)c(Br)cc2c1OCCO2. The molecule has 5 heteroatoms. The number of phenolic OH excluding ortho intramolecular Hbond substituents is 1. The second-order valence-electron chi connectivity index (χ2n) is 3.54. The largest absolute Gasteiger partial charge is 0.506 e. The second-order valence-corrected chi connectivity index (χ2v) is 4.39. The van der Waals surface area contributed by atoms with E-state index < -0.39 is 0 Å². The van der Waals surface area contributed by atoms with E-state index in [-0.39, 0.29) is 12.4 Å². The predicted molar refractivity (Wildman–Crippen MR) is 62.2 cm³/mol. The molecule has 4 nitrogen and oxygen atoms in total. The molecule has 0 amide bonds. The number of aliphatic hydroxyl groups excluding tert-OH is 1. The molecule has 0 fully saturated rings. The maximum atomic E-state index is 9.92. The van der Waals surface area contributed by atoms with Crippen molar-refractivity contribution in [3.8, 4) is 17.2 Å². The van der Waals surface area contributed by atoms with Crippen LogP contribution in [0.2, 0.25) is 0 Å². The maximum absolute atomic E-state index is 9.92. The Morgan fingerprint density at radius 3 is 2.81 bits per heavy atom. The number of aromatic hydroxyl groups is 1. The van der Waals surface area contributed by atoms with Gasteiger partial charge >= 0.3 is 0 Å². The molecule has 2 rings (SSSR count). The minimum Gasteiger partial charge on any atom is -0.506 e. The molecule has 0 atom stereocenters. The van der Waals surface area contributed by atoms with Crippen LogP contribution in [0, 0.1) is 0 Å². The molecule has 0 aromatic heterocycles. The van der Waals surface area contributed by atoms with E-state index in [0.717, 1.165) is 0 Å². The number of hydrogen-bond donors (Lipinski definition) is 2. The summed E-state index contributed by atoms with van der Waals surface area (Å²) < 4.78 is 11.5. The standard InChI is InChI=1S/C11H13BrO4/c12-8-6-9-11(16-5-4-15-9)7(10(8)14)2-1-3-13/h6,13-14H,1-5H2. The first-order valence-corrected chi connectivity index (χ1v) is 5.94.